The Kier molecular flexibility index (Phi) is 3.66. The first-order valence-electron chi connectivity index (χ1n) is 8.88. The zero-order valence-electron chi connectivity index (χ0n) is 15.3. The van der Waals surface area contributed by atoms with Crippen molar-refractivity contribution >= 4 is 38.2 Å². The largest absolute Gasteiger partial charge is 0.291 e. The number of fused-ring (bicyclic) bond motifs is 4. The Labute approximate surface area is 162 Å². The van der Waals surface area contributed by atoms with Crippen molar-refractivity contribution in [3.05, 3.63) is 68.1 Å². The van der Waals surface area contributed by atoms with Crippen LogP contribution in [0, 0.1) is 0 Å². The Morgan fingerprint density at radius 3 is 2.71 bits per heavy atom. The maximum absolute atomic E-state index is 12.9. The summed E-state index contributed by atoms with van der Waals surface area (Å²) in [7, 11) is 1.67. The summed E-state index contributed by atoms with van der Waals surface area (Å²) in [5.74, 6) is 1.00. The molecule has 28 heavy (non-hydrogen) atoms. The first kappa shape index (κ1) is 16.8. The number of para-hydroxylation sites is 1. The van der Waals surface area contributed by atoms with Crippen molar-refractivity contribution in [2.75, 3.05) is 0 Å². The molecule has 0 saturated heterocycles. The van der Waals surface area contributed by atoms with Gasteiger partial charge in [0.2, 0.25) is 5.78 Å². The molecule has 9 heteroatoms. The predicted octanol–water partition coefficient (Wildman–Crippen LogP) is 1.96. The molecule has 0 bridgehead atoms. The van der Waals surface area contributed by atoms with E-state index in [2.05, 4.69) is 22.1 Å². The minimum absolute atomic E-state index is 0.105. The Balaban J connectivity index is 1.73. The van der Waals surface area contributed by atoms with E-state index in [1.165, 1.54) is 9.13 Å². The van der Waals surface area contributed by atoms with E-state index in [4.69, 9.17) is 0 Å². The van der Waals surface area contributed by atoms with E-state index in [0.29, 0.717) is 27.9 Å². The number of rotatable bonds is 3. The van der Waals surface area contributed by atoms with Crippen molar-refractivity contribution in [3.8, 4) is 0 Å². The summed E-state index contributed by atoms with van der Waals surface area (Å²) in [4.78, 5) is 31.8. The van der Waals surface area contributed by atoms with Gasteiger partial charge in [0.25, 0.3) is 11.1 Å². The minimum Gasteiger partial charge on any atom is -0.291 e. The van der Waals surface area contributed by atoms with Crippen LogP contribution >= 0.6 is 11.3 Å². The molecular weight excluding hydrogens is 376 g/mol. The van der Waals surface area contributed by atoms with Crippen LogP contribution < -0.4 is 11.1 Å². The molecule has 0 radical (unpaired) electrons. The maximum atomic E-state index is 12.9. The van der Waals surface area contributed by atoms with Crippen molar-refractivity contribution in [1.29, 1.82) is 0 Å². The third-order valence-corrected chi connectivity index (χ3v) is 6.11. The Morgan fingerprint density at radius 2 is 1.89 bits per heavy atom. The second-order valence-electron chi connectivity index (χ2n) is 6.60. The molecule has 140 valence electrons. The van der Waals surface area contributed by atoms with E-state index in [0.717, 1.165) is 16.1 Å². The molecule has 1 aromatic carbocycles. The van der Waals surface area contributed by atoms with Crippen molar-refractivity contribution in [1.82, 2.24) is 28.7 Å². The highest BCUT2D eigenvalue weighted by Gasteiger charge is 2.16. The summed E-state index contributed by atoms with van der Waals surface area (Å²) < 4.78 is 4.82. The summed E-state index contributed by atoms with van der Waals surface area (Å²) in [5.41, 5.74) is 0.478. The molecule has 0 saturated carbocycles. The molecule has 0 aliphatic heterocycles. The zero-order valence-corrected chi connectivity index (χ0v) is 16.1. The Hall–Kier alpha value is -3.33. The average molecular weight is 392 g/mol. The lowest BCUT2D eigenvalue weighted by Crippen LogP contribution is -2.23. The van der Waals surface area contributed by atoms with Gasteiger partial charge >= 0.3 is 0 Å². The van der Waals surface area contributed by atoms with E-state index in [1.807, 2.05) is 28.7 Å². The number of hydrogen-bond donors (Lipinski definition) is 0. The smallest absolute Gasteiger partial charge is 0.262 e. The fourth-order valence-corrected chi connectivity index (χ4v) is 4.37. The fourth-order valence-electron chi connectivity index (χ4n) is 3.44. The van der Waals surface area contributed by atoms with Gasteiger partial charge in [-0.1, -0.05) is 19.1 Å². The van der Waals surface area contributed by atoms with Crippen LogP contribution in [0.25, 0.3) is 26.9 Å². The Morgan fingerprint density at radius 1 is 1.07 bits per heavy atom. The van der Waals surface area contributed by atoms with Gasteiger partial charge in [-0.3, -0.25) is 23.1 Å². The molecule has 0 spiro atoms. The zero-order chi connectivity index (χ0) is 19.4. The highest BCUT2D eigenvalue weighted by Crippen LogP contribution is 2.21. The van der Waals surface area contributed by atoms with Crippen molar-refractivity contribution < 1.29 is 0 Å². The lowest BCUT2D eigenvalue weighted by molar-refractivity contribution is 0.701. The predicted molar refractivity (Wildman–Crippen MR) is 108 cm³/mol. The summed E-state index contributed by atoms with van der Waals surface area (Å²) >= 11 is 1.54. The highest BCUT2D eigenvalue weighted by molar-refractivity contribution is 7.18. The molecule has 0 N–H and O–H groups in total. The second kappa shape index (κ2) is 6.10. The monoisotopic (exact) mass is 392 g/mol. The number of aromatic nitrogens is 6. The lowest BCUT2D eigenvalue weighted by atomic mass is 10.2. The van der Waals surface area contributed by atoms with Crippen molar-refractivity contribution in [2.45, 2.75) is 19.9 Å². The Bertz CT molecular complexity index is 1490. The van der Waals surface area contributed by atoms with Gasteiger partial charge in [-0.15, -0.1) is 21.5 Å². The van der Waals surface area contributed by atoms with Crippen molar-refractivity contribution in [2.24, 2.45) is 7.05 Å². The molecule has 0 aliphatic rings. The highest BCUT2D eigenvalue weighted by atomic mass is 32.1. The molecule has 0 aliphatic carbocycles. The van der Waals surface area contributed by atoms with Gasteiger partial charge in [-0.25, -0.2) is 4.98 Å². The third-order valence-electron chi connectivity index (χ3n) is 4.92. The summed E-state index contributed by atoms with van der Waals surface area (Å²) in [6.07, 6.45) is 2.42. The fraction of sp³-hybridized carbons (Fsp3) is 0.211. The number of aryl methyl sites for hydroxylation is 2. The van der Waals surface area contributed by atoms with E-state index >= 15 is 0 Å². The van der Waals surface area contributed by atoms with Crippen molar-refractivity contribution in [3.63, 3.8) is 0 Å². The quantitative estimate of drug-likeness (QED) is 0.468. The molecule has 8 nitrogen and oxygen atoms in total. The standard InChI is InChI=1S/C19H16N6O2S/c1-3-11-8-13-16(28-11)20-10-24(18(13)27)9-15-21-22-19-23(2)17(26)12-6-4-5-7-14(12)25(15)19/h4-8,10H,3,9H2,1-2H3. The van der Waals surface area contributed by atoms with Crippen LogP contribution in [0.15, 0.2) is 46.2 Å². The lowest BCUT2D eigenvalue weighted by Gasteiger charge is -2.08. The van der Waals surface area contributed by atoms with Gasteiger partial charge in [0.15, 0.2) is 5.82 Å². The average Bonchev–Trinajstić information content (AvgIpc) is 3.33. The summed E-state index contributed by atoms with van der Waals surface area (Å²) in [5, 5.41) is 9.63. The molecule has 0 fully saturated rings. The molecule has 4 heterocycles. The van der Waals surface area contributed by atoms with Crippen LogP contribution in [-0.4, -0.2) is 28.7 Å². The number of benzene rings is 1. The van der Waals surface area contributed by atoms with Crippen LogP contribution in [0.3, 0.4) is 0 Å². The van der Waals surface area contributed by atoms with E-state index < -0.39 is 0 Å². The van der Waals surface area contributed by atoms with Gasteiger partial charge in [0, 0.05) is 11.9 Å². The first-order chi connectivity index (χ1) is 13.6. The SMILES string of the molecule is CCc1cc2c(=O)n(Cc3nnc4n(C)c(=O)c5ccccc5n34)cnc2s1. The molecule has 4 aromatic heterocycles. The van der Waals surface area contributed by atoms with Crippen LogP contribution in [0.5, 0.6) is 0 Å². The number of hydrogen-bond acceptors (Lipinski definition) is 6. The molecule has 5 rings (SSSR count). The normalized spacial score (nSPS) is 11.8. The molecule has 0 amide bonds. The van der Waals surface area contributed by atoms with Gasteiger partial charge in [-0.2, -0.15) is 0 Å². The van der Waals surface area contributed by atoms with Crippen LogP contribution in [-0.2, 0) is 20.0 Å². The van der Waals surface area contributed by atoms with E-state index in [-0.39, 0.29) is 17.7 Å². The molecular formula is C19H16N6O2S. The molecule has 0 atom stereocenters. The van der Waals surface area contributed by atoms with Crippen LogP contribution in [0.4, 0.5) is 0 Å². The number of nitrogens with zero attached hydrogens (tertiary/aromatic N) is 6. The van der Waals surface area contributed by atoms with E-state index in [9.17, 15) is 9.59 Å². The summed E-state index contributed by atoms with van der Waals surface area (Å²) in [6.45, 7) is 2.27. The molecule has 5 aromatic rings. The first-order valence-corrected chi connectivity index (χ1v) is 9.69. The van der Waals surface area contributed by atoms with Gasteiger partial charge in [0.1, 0.15) is 4.83 Å². The van der Waals surface area contributed by atoms with Gasteiger partial charge < -0.3 is 0 Å². The molecule has 0 unspecified atom stereocenters. The third kappa shape index (κ3) is 2.32. The van der Waals surface area contributed by atoms with Crippen LogP contribution in [0.2, 0.25) is 0 Å². The minimum atomic E-state index is -0.132. The maximum Gasteiger partial charge on any atom is 0.262 e. The second-order valence-corrected chi connectivity index (χ2v) is 7.71. The summed E-state index contributed by atoms with van der Waals surface area (Å²) in [6, 6.07) is 9.23. The van der Waals surface area contributed by atoms with Gasteiger partial charge in [-0.05, 0) is 24.6 Å². The topological polar surface area (TPSA) is 87.1 Å². The number of thiophene rings is 1. The van der Waals surface area contributed by atoms with Crippen LogP contribution in [0.1, 0.15) is 17.6 Å². The van der Waals surface area contributed by atoms with E-state index in [1.54, 1.807) is 30.8 Å². The van der Waals surface area contributed by atoms with Gasteiger partial charge in [0.05, 0.1) is 29.2 Å².